The van der Waals surface area contributed by atoms with Crippen LogP contribution in [-0.4, -0.2) is 34.7 Å². The van der Waals surface area contributed by atoms with Gasteiger partial charge in [0, 0.05) is 19.2 Å². The van der Waals surface area contributed by atoms with Crippen LogP contribution in [0, 0.1) is 6.57 Å². The maximum Gasteiger partial charge on any atom is 0.192 e. The summed E-state index contributed by atoms with van der Waals surface area (Å²) in [5, 5.41) is 0.158. The van der Waals surface area contributed by atoms with Gasteiger partial charge in [-0.25, -0.2) is 13.4 Å². The first-order chi connectivity index (χ1) is 12.8. The van der Waals surface area contributed by atoms with Gasteiger partial charge in [0.1, 0.15) is 11.0 Å². The second kappa shape index (κ2) is 9.65. The first-order valence-electron chi connectivity index (χ1n) is 10.1. The zero-order valence-corrected chi connectivity index (χ0v) is 22.1. The molecular formula is C22H38N2O2S2Si. The molecule has 29 heavy (non-hydrogen) atoms. The standard InChI is InChI=1S/C22H36N2O2SSi.H2S/c1-21(2,3)27(25)24(15-16-26-28(8,9)22(4,5)6)20-14-13-17-18(20)11-10-12-19(17)23-7;/h10-12,20H,13-16H2,1-6,8-9H3;1H2/t20-,27?;/m0./s1. The maximum absolute atomic E-state index is 13.4. The SMILES string of the molecule is S.[C-]#[N+]c1cccc2c1CC[C@@H]2N(CCO[Si](C)(C)C(C)(C)C)S(=O)C(C)(C)C. The molecule has 2 atom stereocenters. The van der Waals surface area contributed by atoms with Gasteiger partial charge in [-0.2, -0.15) is 13.5 Å². The Bertz CT molecular complexity index is 776. The fourth-order valence-corrected chi connectivity index (χ4v) is 5.76. The molecule has 1 aromatic carbocycles. The lowest BCUT2D eigenvalue weighted by Crippen LogP contribution is -2.45. The predicted molar refractivity (Wildman–Crippen MR) is 132 cm³/mol. The molecule has 0 aromatic heterocycles. The summed E-state index contributed by atoms with van der Waals surface area (Å²) in [7, 11) is -2.98. The third-order valence-corrected chi connectivity index (χ3v) is 12.4. The first-order valence-corrected chi connectivity index (χ1v) is 14.1. The van der Waals surface area contributed by atoms with Gasteiger partial charge in [-0.3, -0.25) is 0 Å². The Labute approximate surface area is 188 Å². The van der Waals surface area contributed by atoms with Crippen LogP contribution in [0.15, 0.2) is 18.2 Å². The molecule has 1 unspecified atom stereocenters. The highest BCUT2D eigenvalue weighted by atomic mass is 32.2. The van der Waals surface area contributed by atoms with Crippen molar-refractivity contribution in [3.63, 3.8) is 0 Å². The van der Waals surface area contributed by atoms with Crippen molar-refractivity contribution in [2.75, 3.05) is 13.2 Å². The van der Waals surface area contributed by atoms with E-state index in [1.54, 1.807) is 0 Å². The van der Waals surface area contributed by atoms with E-state index in [2.05, 4.69) is 49.1 Å². The Morgan fingerprint density at radius 2 is 1.86 bits per heavy atom. The van der Waals surface area contributed by atoms with E-state index in [1.807, 2.05) is 32.9 Å². The van der Waals surface area contributed by atoms with Gasteiger partial charge in [-0.05, 0) is 62.9 Å². The molecule has 0 radical (unpaired) electrons. The molecular weight excluding hydrogens is 416 g/mol. The minimum atomic E-state index is -1.84. The van der Waals surface area contributed by atoms with Gasteiger partial charge >= 0.3 is 0 Å². The second-order valence-corrected chi connectivity index (χ2v) is 17.1. The summed E-state index contributed by atoms with van der Waals surface area (Å²) in [5.41, 5.74) is 3.03. The van der Waals surface area contributed by atoms with Crippen LogP contribution in [0.1, 0.15) is 65.1 Å². The molecule has 0 saturated heterocycles. The van der Waals surface area contributed by atoms with Crippen LogP contribution in [0.2, 0.25) is 18.1 Å². The van der Waals surface area contributed by atoms with Gasteiger partial charge in [0.2, 0.25) is 0 Å². The number of nitrogens with zero attached hydrogens (tertiary/aromatic N) is 2. The molecule has 164 valence electrons. The van der Waals surface area contributed by atoms with Crippen LogP contribution in [0.5, 0.6) is 0 Å². The summed E-state index contributed by atoms with van der Waals surface area (Å²) in [4.78, 5) is 3.69. The molecule has 0 amide bonds. The summed E-state index contributed by atoms with van der Waals surface area (Å²) < 4.78 is 21.6. The molecule has 7 heteroatoms. The highest BCUT2D eigenvalue weighted by Gasteiger charge is 2.39. The van der Waals surface area contributed by atoms with E-state index >= 15 is 0 Å². The van der Waals surface area contributed by atoms with Gasteiger partial charge in [-0.15, -0.1) is 0 Å². The minimum absolute atomic E-state index is 0. The monoisotopic (exact) mass is 454 g/mol. The minimum Gasteiger partial charge on any atom is -0.415 e. The highest BCUT2D eigenvalue weighted by Crippen LogP contribution is 2.42. The van der Waals surface area contributed by atoms with Crippen LogP contribution < -0.4 is 0 Å². The summed E-state index contributed by atoms with van der Waals surface area (Å²) in [6.07, 6.45) is 1.78. The lowest BCUT2D eigenvalue weighted by molar-refractivity contribution is 0.230. The third-order valence-electron chi connectivity index (χ3n) is 6.00. The van der Waals surface area contributed by atoms with Gasteiger partial charge in [-0.1, -0.05) is 39.0 Å². The predicted octanol–water partition coefficient (Wildman–Crippen LogP) is 6.12. The second-order valence-electron chi connectivity index (χ2n) is 10.1. The number of hydrogen-bond donors (Lipinski definition) is 0. The van der Waals surface area contributed by atoms with E-state index in [4.69, 9.17) is 11.0 Å². The van der Waals surface area contributed by atoms with Crippen LogP contribution in [0.25, 0.3) is 4.85 Å². The number of benzene rings is 1. The van der Waals surface area contributed by atoms with Crippen molar-refractivity contribution in [3.05, 3.63) is 40.7 Å². The van der Waals surface area contributed by atoms with E-state index in [0.717, 1.165) is 24.1 Å². The highest BCUT2D eigenvalue weighted by molar-refractivity contribution is 7.84. The number of rotatable bonds is 6. The molecule has 0 spiro atoms. The van der Waals surface area contributed by atoms with Crippen LogP contribution >= 0.6 is 13.5 Å². The quantitative estimate of drug-likeness (QED) is 0.383. The van der Waals surface area contributed by atoms with Crippen LogP contribution in [-0.2, 0) is 21.8 Å². The average molecular weight is 455 g/mol. The molecule has 4 nitrogen and oxygen atoms in total. The topological polar surface area (TPSA) is 33.9 Å². The van der Waals surface area contributed by atoms with Gasteiger partial charge in [0.15, 0.2) is 14.0 Å². The van der Waals surface area contributed by atoms with Crippen LogP contribution in [0.3, 0.4) is 0 Å². The summed E-state index contributed by atoms with van der Waals surface area (Å²) >= 11 is 0. The maximum atomic E-state index is 13.4. The Hall–Kier alpha value is -0.653. The Morgan fingerprint density at radius 1 is 1.24 bits per heavy atom. The zero-order chi connectivity index (χ0) is 21.3. The molecule has 0 bridgehead atoms. The van der Waals surface area contributed by atoms with Crippen molar-refractivity contribution >= 4 is 38.5 Å². The van der Waals surface area contributed by atoms with Gasteiger partial charge in [0.25, 0.3) is 0 Å². The molecule has 0 fully saturated rings. The average Bonchev–Trinajstić information content (AvgIpc) is 3.00. The number of hydrogen-bond acceptors (Lipinski definition) is 2. The van der Waals surface area contributed by atoms with E-state index in [-0.39, 0.29) is 29.3 Å². The number of fused-ring (bicyclic) bond motifs is 1. The van der Waals surface area contributed by atoms with E-state index in [1.165, 1.54) is 5.56 Å². The smallest absolute Gasteiger partial charge is 0.192 e. The third kappa shape index (κ3) is 5.95. The largest absolute Gasteiger partial charge is 0.415 e. The fraction of sp³-hybridized carbons (Fsp3) is 0.682. The normalized spacial score (nSPS) is 18.1. The van der Waals surface area contributed by atoms with E-state index in [9.17, 15) is 4.21 Å². The molecule has 1 aliphatic carbocycles. The molecule has 1 aliphatic rings. The van der Waals surface area contributed by atoms with Crippen molar-refractivity contribution in [1.82, 2.24) is 4.31 Å². The molecule has 0 N–H and O–H groups in total. The Morgan fingerprint density at radius 3 is 2.38 bits per heavy atom. The Balaban J connectivity index is 0.00000420. The molecule has 1 aromatic rings. The molecule has 2 rings (SSSR count). The Kier molecular flexibility index (Phi) is 8.78. The molecule has 0 aliphatic heterocycles. The lowest BCUT2D eigenvalue weighted by atomic mass is 10.1. The van der Waals surface area contributed by atoms with E-state index in [0.29, 0.717) is 13.2 Å². The molecule has 0 saturated carbocycles. The molecule has 0 heterocycles. The zero-order valence-electron chi connectivity index (χ0n) is 19.3. The van der Waals surface area contributed by atoms with Crippen LogP contribution in [0.4, 0.5) is 5.69 Å². The summed E-state index contributed by atoms with van der Waals surface area (Å²) in [6.45, 7) is 26.0. The van der Waals surface area contributed by atoms with Gasteiger partial charge < -0.3 is 4.43 Å². The van der Waals surface area contributed by atoms with E-state index < -0.39 is 19.3 Å². The fourth-order valence-electron chi connectivity index (χ4n) is 3.33. The van der Waals surface area contributed by atoms with Crippen molar-refractivity contribution < 1.29 is 8.63 Å². The van der Waals surface area contributed by atoms with Crippen molar-refractivity contribution in [1.29, 1.82) is 0 Å². The van der Waals surface area contributed by atoms with Crippen molar-refractivity contribution in [3.8, 4) is 0 Å². The lowest BCUT2D eigenvalue weighted by Gasteiger charge is -2.38. The first kappa shape index (κ1) is 26.4. The summed E-state index contributed by atoms with van der Waals surface area (Å²) in [5.74, 6) is 0. The van der Waals surface area contributed by atoms with Gasteiger partial charge in [0.05, 0.1) is 11.3 Å². The van der Waals surface area contributed by atoms with Crippen molar-refractivity contribution in [2.24, 2.45) is 0 Å². The summed E-state index contributed by atoms with van der Waals surface area (Å²) in [6, 6.07) is 6.03. The van der Waals surface area contributed by atoms with Crippen molar-refractivity contribution in [2.45, 2.75) is 83.3 Å².